The van der Waals surface area contributed by atoms with E-state index in [4.69, 9.17) is 0 Å². The quantitative estimate of drug-likeness (QED) is 0.679. The lowest BCUT2D eigenvalue weighted by atomic mass is 9.84. The van der Waals surface area contributed by atoms with Crippen LogP contribution in [0, 0.1) is 6.92 Å². The fourth-order valence-electron chi connectivity index (χ4n) is 2.18. The van der Waals surface area contributed by atoms with Gasteiger partial charge in [0.15, 0.2) is 0 Å². The van der Waals surface area contributed by atoms with Gasteiger partial charge in [0.25, 0.3) is 0 Å². The normalized spacial score (nSPS) is 22.4. The van der Waals surface area contributed by atoms with E-state index in [1.807, 2.05) is 12.3 Å². The van der Waals surface area contributed by atoms with E-state index in [2.05, 4.69) is 18.0 Å². The first-order valence-corrected chi connectivity index (χ1v) is 5.20. The molecule has 0 aromatic carbocycles. The molecule has 2 rings (SSSR count). The van der Waals surface area contributed by atoms with Gasteiger partial charge in [-0.3, -0.25) is 9.78 Å². The highest BCUT2D eigenvalue weighted by molar-refractivity contribution is 5.80. The van der Waals surface area contributed by atoms with Crippen molar-refractivity contribution in [3.8, 4) is 0 Å². The van der Waals surface area contributed by atoms with Crippen LogP contribution in [-0.4, -0.2) is 10.8 Å². The molecule has 1 saturated carbocycles. The summed E-state index contributed by atoms with van der Waals surface area (Å²) in [6.45, 7) is 2.07. The Balaban J connectivity index is 2.22. The number of Topliss-reactive ketones (excluding diaryl/α,β-unsaturated/α-hetero) is 1. The second-order valence-electron chi connectivity index (χ2n) is 4.04. The third-order valence-electron chi connectivity index (χ3n) is 2.92. The summed E-state index contributed by atoms with van der Waals surface area (Å²) in [6, 6.07) is 4.02. The largest absolute Gasteiger partial charge is 0.300 e. The lowest BCUT2D eigenvalue weighted by Crippen LogP contribution is -2.15. The first kappa shape index (κ1) is 9.38. The smallest absolute Gasteiger partial charge is 0.133 e. The highest BCUT2D eigenvalue weighted by Crippen LogP contribution is 2.30. The molecule has 0 radical (unpaired) electrons. The Morgan fingerprint density at radius 1 is 1.50 bits per heavy atom. The average Bonchev–Trinajstić information content (AvgIpc) is 2.18. The van der Waals surface area contributed by atoms with Crippen LogP contribution in [0.4, 0.5) is 0 Å². The number of rotatable bonds is 1. The van der Waals surface area contributed by atoms with Gasteiger partial charge in [0.2, 0.25) is 0 Å². The summed E-state index contributed by atoms with van der Waals surface area (Å²) in [5, 5.41) is 0. The maximum Gasteiger partial charge on any atom is 0.133 e. The van der Waals surface area contributed by atoms with Gasteiger partial charge in [0.05, 0.1) is 0 Å². The number of aryl methyl sites for hydroxylation is 1. The first-order chi connectivity index (χ1) is 6.77. The van der Waals surface area contributed by atoms with Gasteiger partial charge < -0.3 is 0 Å². The van der Waals surface area contributed by atoms with E-state index in [0.29, 0.717) is 18.1 Å². The third kappa shape index (κ3) is 1.84. The van der Waals surface area contributed by atoms with E-state index in [1.54, 1.807) is 0 Å². The Labute approximate surface area is 84.4 Å². The van der Waals surface area contributed by atoms with Gasteiger partial charge in [-0.1, -0.05) is 6.07 Å². The first-order valence-electron chi connectivity index (χ1n) is 5.20. The molecule has 0 spiro atoms. The van der Waals surface area contributed by atoms with Crippen LogP contribution in [0.5, 0.6) is 0 Å². The zero-order valence-corrected chi connectivity index (χ0v) is 8.49. The monoisotopic (exact) mass is 189 g/mol. The molecule has 1 aliphatic rings. The minimum Gasteiger partial charge on any atom is -0.300 e. The van der Waals surface area contributed by atoms with Crippen LogP contribution in [0.2, 0.25) is 0 Å². The van der Waals surface area contributed by atoms with E-state index in [0.717, 1.165) is 25.0 Å². The van der Waals surface area contributed by atoms with E-state index in [-0.39, 0.29) is 0 Å². The number of carbonyl (C=O) groups excluding carboxylic acids is 1. The molecule has 0 unspecified atom stereocenters. The molecule has 0 aliphatic heterocycles. The summed E-state index contributed by atoms with van der Waals surface area (Å²) in [6.07, 6.45) is 5.42. The zero-order chi connectivity index (χ0) is 9.97. The maximum atomic E-state index is 11.3. The molecule has 0 amide bonds. The predicted octanol–water partition coefficient (Wildman–Crippen LogP) is 2.62. The summed E-state index contributed by atoms with van der Waals surface area (Å²) >= 11 is 0. The van der Waals surface area contributed by atoms with Crippen molar-refractivity contribution in [2.45, 2.75) is 38.5 Å². The predicted molar refractivity (Wildman–Crippen MR) is 55.2 cm³/mol. The van der Waals surface area contributed by atoms with Gasteiger partial charge in [-0.15, -0.1) is 0 Å². The van der Waals surface area contributed by atoms with Crippen LogP contribution in [0.25, 0.3) is 0 Å². The van der Waals surface area contributed by atoms with Gasteiger partial charge in [-0.2, -0.15) is 0 Å². The van der Waals surface area contributed by atoms with Crippen molar-refractivity contribution in [2.75, 3.05) is 0 Å². The number of hydrogen-bond acceptors (Lipinski definition) is 2. The topological polar surface area (TPSA) is 30.0 Å². The molecular weight excluding hydrogens is 174 g/mol. The Bertz CT molecular complexity index is 346. The molecule has 0 saturated heterocycles. The van der Waals surface area contributed by atoms with Crippen molar-refractivity contribution in [3.05, 3.63) is 29.6 Å². The summed E-state index contributed by atoms with van der Waals surface area (Å²) < 4.78 is 0. The standard InChI is InChI=1S/C12H15NO/c1-9-4-3-7-13-12(9)10-5-2-6-11(14)8-10/h3-4,7,10H,2,5-6,8H2,1H3/t10-/m1/s1. The van der Waals surface area contributed by atoms with E-state index in [1.165, 1.54) is 5.56 Å². The van der Waals surface area contributed by atoms with Gasteiger partial charge in [-0.25, -0.2) is 0 Å². The van der Waals surface area contributed by atoms with Crippen molar-refractivity contribution < 1.29 is 4.79 Å². The second kappa shape index (κ2) is 3.91. The van der Waals surface area contributed by atoms with E-state index < -0.39 is 0 Å². The van der Waals surface area contributed by atoms with Crippen LogP contribution in [0.3, 0.4) is 0 Å². The Hall–Kier alpha value is -1.18. The van der Waals surface area contributed by atoms with Crippen LogP contribution >= 0.6 is 0 Å². The van der Waals surface area contributed by atoms with Crippen LogP contribution in [0.15, 0.2) is 18.3 Å². The number of ketones is 1. The lowest BCUT2D eigenvalue weighted by Gasteiger charge is -2.21. The highest BCUT2D eigenvalue weighted by Gasteiger charge is 2.22. The third-order valence-corrected chi connectivity index (χ3v) is 2.92. The average molecular weight is 189 g/mol. The SMILES string of the molecule is Cc1cccnc1[C@@H]1CCCC(=O)C1. The van der Waals surface area contributed by atoms with Crippen molar-refractivity contribution in [2.24, 2.45) is 0 Å². The fourth-order valence-corrected chi connectivity index (χ4v) is 2.18. The molecule has 1 aromatic heterocycles. The lowest BCUT2D eigenvalue weighted by molar-refractivity contribution is -0.120. The van der Waals surface area contributed by atoms with E-state index >= 15 is 0 Å². The molecule has 1 aromatic rings. The van der Waals surface area contributed by atoms with Gasteiger partial charge >= 0.3 is 0 Å². The molecule has 0 N–H and O–H groups in total. The molecule has 1 heterocycles. The molecule has 14 heavy (non-hydrogen) atoms. The number of nitrogens with zero attached hydrogens (tertiary/aromatic N) is 1. The van der Waals surface area contributed by atoms with Crippen LogP contribution in [-0.2, 0) is 4.79 Å². The maximum absolute atomic E-state index is 11.3. The molecule has 1 aliphatic carbocycles. The summed E-state index contributed by atoms with van der Waals surface area (Å²) in [7, 11) is 0. The Morgan fingerprint density at radius 3 is 3.07 bits per heavy atom. The molecule has 0 bridgehead atoms. The second-order valence-corrected chi connectivity index (χ2v) is 4.04. The zero-order valence-electron chi connectivity index (χ0n) is 8.49. The Kier molecular flexibility index (Phi) is 2.62. The van der Waals surface area contributed by atoms with Gasteiger partial charge in [0, 0.05) is 30.7 Å². The molecular formula is C12H15NO. The van der Waals surface area contributed by atoms with Crippen molar-refractivity contribution in [3.63, 3.8) is 0 Å². The number of pyridine rings is 1. The van der Waals surface area contributed by atoms with Crippen molar-refractivity contribution in [1.29, 1.82) is 0 Å². The van der Waals surface area contributed by atoms with Crippen LogP contribution < -0.4 is 0 Å². The molecule has 2 nitrogen and oxygen atoms in total. The highest BCUT2D eigenvalue weighted by atomic mass is 16.1. The Morgan fingerprint density at radius 2 is 2.36 bits per heavy atom. The summed E-state index contributed by atoms with van der Waals surface area (Å²) in [4.78, 5) is 15.7. The minimum atomic E-state index is 0.373. The fraction of sp³-hybridized carbons (Fsp3) is 0.500. The van der Waals surface area contributed by atoms with Crippen molar-refractivity contribution in [1.82, 2.24) is 4.98 Å². The van der Waals surface area contributed by atoms with Crippen LogP contribution in [0.1, 0.15) is 42.9 Å². The minimum absolute atomic E-state index is 0.373. The number of aromatic nitrogens is 1. The molecule has 1 fully saturated rings. The summed E-state index contributed by atoms with van der Waals surface area (Å²) in [5.41, 5.74) is 2.34. The van der Waals surface area contributed by atoms with Gasteiger partial charge in [0.1, 0.15) is 5.78 Å². The molecule has 2 heteroatoms. The number of hydrogen-bond donors (Lipinski definition) is 0. The number of carbonyl (C=O) groups is 1. The van der Waals surface area contributed by atoms with Crippen molar-refractivity contribution >= 4 is 5.78 Å². The summed E-state index contributed by atoms with van der Waals surface area (Å²) in [5.74, 6) is 0.767. The molecule has 74 valence electrons. The molecule has 1 atom stereocenters. The van der Waals surface area contributed by atoms with Gasteiger partial charge in [-0.05, 0) is 31.4 Å². The van der Waals surface area contributed by atoms with E-state index in [9.17, 15) is 4.79 Å².